The Morgan fingerprint density at radius 1 is 0.667 bits per heavy atom. The zero-order valence-electron chi connectivity index (χ0n) is 25.7. The van der Waals surface area contributed by atoms with Crippen LogP contribution in [0.15, 0.2) is 157 Å². The fraction of sp³-hybridized carbons (Fsp3) is 0.186. The zero-order chi connectivity index (χ0) is 30.3. The van der Waals surface area contributed by atoms with E-state index >= 15 is 0 Å². The van der Waals surface area contributed by atoms with E-state index in [0.717, 1.165) is 53.9 Å². The molecule has 0 N–H and O–H groups in total. The molecule has 0 saturated carbocycles. The second-order valence-electron chi connectivity index (χ2n) is 12.8. The Labute approximate surface area is 266 Å². The van der Waals surface area contributed by atoms with E-state index in [0.29, 0.717) is 0 Å². The number of hydrogen-bond acceptors (Lipinski definition) is 2. The molecule has 2 heteroatoms. The van der Waals surface area contributed by atoms with Gasteiger partial charge in [-0.1, -0.05) is 139 Å². The third kappa shape index (κ3) is 4.68. The Kier molecular flexibility index (Phi) is 6.87. The SMILES string of the molecule is CC12CC=CCC1C(C1=CC=CCC1)(c1ccc(-c3cc(-c4ccccc4)nc(-c4ccccc4)c3)cc1)c1ccccc1O2. The Hall–Kier alpha value is -4.95. The van der Waals surface area contributed by atoms with E-state index in [9.17, 15) is 0 Å². The minimum atomic E-state index is -0.288. The molecule has 220 valence electrons. The highest BCUT2D eigenvalue weighted by Crippen LogP contribution is 2.60. The van der Waals surface area contributed by atoms with Gasteiger partial charge in [-0.25, -0.2) is 4.98 Å². The molecular formula is C43H37NO. The summed E-state index contributed by atoms with van der Waals surface area (Å²) in [7, 11) is 0. The quantitative estimate of drug-likeness (QED) is 0.192. The summed E-state index contributed by atoms with van der Waals surface area (Å²) in [6.45, 7) is 2.33. The minimum Gasteiger partial charge on any atom is -0.487 e. The number of aromatic nitrogens is 1. The molecule has 2 nitrogen and oxygen atoms in total. The van der Waals surface area contributed by atoms with Crippen molar-refractivity contribution < 1.29 is 4.74 Å². The minimum absolute atomic E-state index is 0.277. The van der Waals surface area contributed by atoms with Gasteiger partial charge in [0.05, 0.1) is 16.8 Å². The van der Waals surface area contributed by atoms with Gasteiger partial charge < -0.3 is 4.74 Å². The van der Waals surface area contributed by atoms with Gasteiger partial charge in [-0.05, 0) is 61.1 Å². The summed E-state index contributed by atoms with van der Waals surface area (Å²) < 4.78 is 6.89. The first-order valence-electron chi connectivity index (χ1n) is 16.2. The zero-order valence-corrected chi connectivity index (χ0v) is 25.7. The van der Waals surface area contributed by atoms with Crippen LogP contribution in [0.2, 0.25) is 0 Å². The molecule has 0 amide bonds. The molecule has 0 radical (unpaired) electrons. The fourth-order valence-electron chi connectivity index (χ4n) is 8.02. The van der Waals surface area contributed by atoms with Crippen LogP contribution in [0.1, 0.15) is 43.7 Å². The molecule has 3 atom stereocenters. The molecule has 5 aromatic rings. The largest absolute Gasteiger partial charge is 0.487 e. The molecule has 2 aliphatic carbocycles. The standard InChI is InChI=1S/C43H37NO/c1-42-28-14-13-23-41(42)43(35-19-9-4-10-20-35,37-21-11-12-22-40(37)45-42)36-26-24-31(25-27-36)34-29-38(32-15-5-2-6-16-32)44-39(30-34)33-17-7-3-8-18-33/h2-9,11-19,21-22,24-27,29-30,41H,10,20,23,28H2,1H3. The Morgan fingerprint density at radius 2 is 1.33 bits per heavy atom. The number of pyridine rings is 1. The van der Waals surface area contributed by atoms with Gasteiger partial charge in [0.15, 0.2) is 0 Å². The number of ether oxygens (including phenoxy) is 1. The maximum absolute atomic E-state index is 6.89. The molecule has 3 unspecified atom stereocenters. The highest BCUT2D eigenvalue weighted by Gasteiger charge is 2.57. The van der Waals surface area contributed by atoms with E-state index in [2.05, 4.69) is 159 Å². The normalized spacial score (nSPS) is 23.4. The Balaban J connectivity index is 1.30. The number of para-hydroxylation sites is 1. The van der Waals surface area contributed by atoms with Crippen LogP contribution in [0.4, 0.5) is 0 Å². The van der Waals surface area contributed by atoms with Crippen molar-refractivity contribution >= 4 is 0 Å². The topological polar surface area (TPSA) is 22.1 Å². The third-order valence-corrected chi connectivity index (χ3v) is 10.1. The van der Waals surface area contributed by atoms with Crippen molar-refractivity contribution in [2.45, 2.75) is 43.6 Å². The van der Waals surface area contributed by atoms with Crippen LogP contribution in [0.25, 0.3) is 33.6 Å². The molecule has 45 heavy (non-hydrogen) atoms. The first-order valence-corrected chi connectivity index (χ1v) is 16.2. The summed E-state index contributed by atoms with van der Waals surface area (Å²) in [4.78, 5) is 5.11. The lowest BCUT2D eigenvalue weighted by molar-refractivity contribution is -0.0207. The highest BCUT2D eigenvalue weighted by molar-refractivity contribution is 5.77. The molecular weight excluding hydrogens is 546 g/mol. The number of benzene rings is 4. The lowest BCUT2D eigenvalue weighted by Crippen LogP contribution is -2.57. The number of allylic oxidation sites excluding steroid dienone is 5. The van der Waals surface area contributed by atoms with Crippen molar-refractivity contribution in [1.82, 2.24) is 4.98 Å². The predicted molar refractivity (Wildman–Crippen MR) is 185 cm³/mol. The maximum atomic E-state index is 6.89. The van der Waals surface area contributed by atoms with E-state index in [-0.39, 0.29) is 16.9 Å². The summed E-state index contributed by atoms with van der Waals surface area (Å²) >= 11 is 0. The van der Waals surface area contributed by atoms with Crippen LogP contribution in [-0.2, 0) is 5.41 Å². The van der Waals surface area contributed by atoms with E-state index in [1.807, 2.05) is 0 Å². The number of hydrogen-bond donors (Lipinski definition) is 0. The first kappa shape index (κ1) is 27.6. The number of rotatable bonds is 5. The average Bonchev–Trinajstić information content (AvgIpc) is 3.11. The van der Waals surface area contributed by atoms with Crippen LogP contribution >= 0.6 is 0 Å². The second-order valence-corrected chi connectivity index (χ2v) is 12.8. The van der Waals surface area contributed by atoms with Crippen LogP contribution in [0.3, 0.4) is 0 Å². The summed E-state index contributed by atoms with van der Waals surface area (Å²) in [6, 6.07) is 43.6. The van der Waals surface area contributed by atoms with Crippen molar-refractivity contribution in [1.29, 1.82) is 0 Å². The first-order chi connectivity index (χ1) is 22.1. The molecule has 8 rings (SSSR count). The molecule has 0 spiro atoms. The van der Waals surface area contributed by atoms with Gasteiger partial charge in [-0.15, -0.1) is 0 Å². The van der Waals surface area contributed by atoms with E-state index in [1.54, 1.807) is 0 Å². The van der Waals surface area contributed by atoms with Crippen LogP contribution < -0.4 is 4.74 Å². The van der Waals surface area contributed by atoms with Crippen molar-refractivity contribution in [3.63, 3.8) is 0 Å². The average molecular weight is 584 g/mol. The maximum Gasteiger partial charge on any atom is 0.124 e. The summed E-state index contributed by atoms with van der Waals surface area (Å²) in [5.74, 6) is 1.30. The molecule has 1 aliphatic heterocycles. The summed E-state index contributed by atoms with van der Waals surface area (Å²) in [5.41, 5.74) is 10.1. The Bertz CT molecular complexity index is 1880. The highest BCUT2D eigenvalue weighted by atomic mass is 16.5. The summed E-state index contributed by atoms with van der Waals surface area (Å²) in [6.07, 6.45) is 15.6. The van der Waals surface area contributed by atoms with E-state index in [4.69, 9.17) is 9.72 Å². The van der Waals surface area contributed by atoms with Crippen LogP contribution in [0.5, 0.6) is 5.75 Å². The van der Waals surface area contributed by atoms with Crippen LogP contribution in [0, 0.1) is 5.92 Å². The lowest BCUT2D eigenvalue weighted by atomic mass is 9.52. The van der Waals surface area contributed by atoms with E-state index < -0.39 is 0 Å². The van der Waals surface area contributed by atoms with Crippen molar-refractivity contribution in [3.8, 4) is 39.4 Å². The number of fused-ring (bicyclic) bond motifs is 2. The molecule has 0 fully saturated rings. The van der Waals surface area contributed by atoms with Gasteiger partial charge in [0.2, 0.25) is 0 Å². The van der Waals surface area contributed by atoms with Gasteiger partial charge in [0, 0.05) is 29.0 Å². The van der Waals surface area contributed by atoms with Crippen molar-refractivity contribution in [2.24, 2.45) is 5.92 Å². The molecule has 1 aromatic heterocycles. The molecule has 4 aromatic carbocycles. The van der Waals surface area contributed by atoms with E-state index in [1.165, 1.54) is 27.8 Å². The molecule has 0 bridgehead atoms. The van der Waals surface area contributed by atoms with Gasteiger partial charge in [-0.2, -0.15) is 0 Å². The molecule has 3 aliphatic rings. The van der Waals surface area contributed by atoms with Crippen molar-refractivity contribution in [3.05, 3.63) is 168 Å². The van der Waals surface area contributed by atoms with Gasteiger partial charge in [-0.3, -0.25) is 0 Å². The van der Waals surface area contributed by atoms with Crippen molar-refractivity contribution in [2.75, 3.05) is 0 Å². The van der Waals surface area contributed by atoms with Gasteiger partial charge >= 0.3 is 0 Å². The van der Waals surface area contributed by atoms with Crippen LogP contribution in [-0.4, -0.2) is 10.6 Å². The fourth-order valence-corrected chi connectivity index (χ4v) is 8.02. The Morgan fingerprint density at radius 3 is 2.00 bits per heavy atom. The third-order valence-electron chi connectivity index (χ3n) is 10.1. The summed E-state index contributed by atoms with van der Waals surface area (Å²) in [5, 5.41) is 0. The van der Waals surface area contributed by atoms with Gasteiger partial charge in [0.1, 0.15) is 11.4 Å². The lowest BCUT2D eigenvalue weighted by Gasteiger charge is -2.56. The second kappa shape index (κ2) is 11.2. The smallest absolute Gasteiger partial charge is 0.124 e. The monoisotopic (exact) mass is 583 g/mol. The molecule has 0 saturated heterocycles. The van der Waals surface area contributed by atoms with Gasteiger partial charge in [0.25, 0.3) is 0 Å². The molecule has 2 heterocycles. The number of nitrogens with zero attached hydrogens (tertiary/aromatic N) is 1. The predicted octanol–water partition coefficient (Wildman–Crippen LogP) is 10.8.